The van der Waals surface area contributed by atoms with Crippen molar-refractivity contribution in [3.63, 3.8) is 0 Å². The topological polar surface area (TPSA) is 12.0 Å². The molecular formula is C16H15BrClF2N. The molecule has 1 nitrogen and oxygen atoms in total. The van der Waals surface area contributed by atoms with Crippen LogP contribution in [-0.4, -0.2) is 6.54 Å². The lowest BCUT2D eigenvalue weighted by molar-refractivity contribution is 0.504. The van der Waals surface area contributed by atoms with Crippen molar-refractivity contribution in [2.75, 3.05) is 6.54 Å². The Hall–Kier alpha value is -0.970. The summed E-state index contributed by atoms with van der Waals surface area (Å²) in [6, 6.07) is 7.76. The summed E-state index contributed by atoms with van der Waals surface area (Å²) >= 11 is 9.62. The summed E-state index contributed by atoms with van der Waals surface area (Å²) in [6.45, 7) is 4.59. The summed E-state index contributed by atoms with van der Waals surface area (Å²) in [5, 5.41) is 3.47. The molecule has 2 rings (SSSR count). The second-order valence-electron chi connectivity index (χ2n) is 4.80. The van der Waals surface area contributed by atoms with Crippen LogP contribution in [0.5, 0.6) is 0 Å². The van der Waals surface area contributed by atoms with Gasteiger partial charge >= 0.3 is 0 Å². The molecule has 1 N–H and O–H groups in total. The molecule has 0 amide bonds. The highest BCUT2D eigenvalue weighted by Crippen LogP contribution is 2.34. The maximum atomic E-state index is 13.6. The van der Waals surface area contributed by atoms with Gasteiger partial charge in [0.05, 0.1) is 6.04 Å². The van der Waals surface area contributed by atoms with Gasteiger partial charge in [-0.1, -0.05) is 52.2 Å². The van der Waals surface area contributed by atoms with E-state index < -0.39 is 11.6 Å². The second-order valence-corrected chi connectivity index (χ2v) is 6.07. The van der Waals surface area contributed by atoms with Crippen LogP contribution in [-0.2, 0) is 0 Å². The first kappa shape index (κ1) is 16.4. The summed E-state index contributed by atoms with van der Waals surface area (Å²) in [7, 11) is 0. The van der Waals surface area contributed by atoms with Crippen LogP contribution in [0.1, 0.15) is 29.7 Å². The zero-order valence-corrected chi connectivity index (χ0v) is 14.0. The van der Waals surface area contributed by atoms with Gasteiger partial charge in [-0.2, -0.15) is 0 Å². The molecule has 0 radical (unpaired) electrons. The first-order valence-electron chi connectivity index (χ1n) is 6.58. The van der Waals surface area contributed by atoms with Gasteiger partial charge in [0.25, 0.3) is 0 Å². The third-order valence-corrected chi connectivity index (χ3v) is 4.27. The predicted octanol–water partition coefficient (Wildman–Crippen LogP) is 5.39. The standard InChI is InChI=1S/C16H15BrClF2N/c1-3-21-16(10-6-9(2)4-5-12(10)17)11-7-14(19)15(20)8-13(11)18/h4-8,16,21H,3H2,1-2H3. The lowest BCUT2D eigenvalue weighted by atomic mass is 9.97. The van der Waals surface area contributed by atoms with Gasteiger partial charge in [0.1, 0.15) is 0 Å². The summed E-state index contributed by atoms with van der Waals surface area (Å²) < 4.78 is 27.7. The van der Waals surface area contributed by atoms with Crippen molar-refractivity contribution in [3.05, 3.63) is 68.2 Å². The van der Waals surface area contributed by atoms with Crippen molar-refractivity contribution in [2.24, 2.45) is 0 Å². The minimum Gasteiger partial charge on any atom is -0.306 e. The van der Waals surface area contributed by atoms with Gasteiger partial charge in [0, 0.05) is 9.50 Å². The lowest BCUT2D eigenvalue weighted by Gasteiger charge is -2.22. The molecule has 112 valence electrons. The first-order chi connectivity index (χ1) is 9.93. The van der Waals surface area contributed by atoms with E-state index in [0.717, 1.165) is 27.7 Å². The Morgan fingerprint density at radius 2 is 1.81 bits per heavy atom. The summed E-state index contributed by atoms with van der Waals surface area (Å²) in [4.78, 5) is 0. The SMILES string of the molecule is CCNC(c1cc(F)c(F)cc1Cl)c1cc(C)ccc1Br. The van der Waals surface area contributed by atoms with Crippen molar-refractivity contribution in [1.29, 1.82) is 0 Å². The van der Waals surface area contributed by atoms with Gasteiger partial charge in [-0.05, 0) is 42.8 Å². The number of halogens is 4. The molecule has 0 fully saturated rings. The molecule has 2 aromatic carbocycles. The highest BCUT2D eigenvalue weighted by molar-refractivity contribution is 9.10. The van der Waals surface area contributed by atoms with Gasteiger partial charge in [0.2, 0.25) is 0 Å². The molecule has 0 saturated heterocycles. The Morgan fingerprint density at radius 1 is 1.14 bits per heavy atom. The lowest BCUT2D eigenvalue weighted by Crippen LogP contribution is -2.23. The molecule has 0 spiro atoms. The first-order valence-corrected chi connectivity index (χ1v) is 7.75. The second kappa shape index (κ2) is 6.86. The normalized spacial score (nSPS) is 12.5. The third-order valence-electron chi connectivity index (χ3n) is 3.22. The van der Waals surface area contributed by atoms with Gasteiger partial charge < -0.3 is 5.32 Å². The Balaban J connectivity index is 2.58. The van der Waals surface area contributed by atoms with E-state index in [1.165, 1.54) is 0 Å². The van der Waals surface area contributed by atoms with Gasteiger partial charge in [-0.15, -0.1) is 0 Å². The van der Waals surface area contributed by atoms with Crippen LogP contribution in [0.3, 0.4) is 0 Å². The zero-order valence-electron chi connectivity index (χ0n) is 11.7. The molecule has 2 aromatic rings. The molecular weight excluding hydrogens is 360 g/mol. The molecule has 0 heterocycles. The molecule has 0 aliphatic carbocycles. The number of nitrogens with one attached hydrogen (secondary N) is 1. The summed E-state index contributed by atoms with van der Waals surface area (Å²) in [5.41, 5.74) is 2.53. The number of benzene rings is 2. The molecule has 0 aliphatic heterocycles. The molecule has 1 unspecified atom stereocenters. The van der Waals surface area contributed by atoms with Crippen LogP contribution >= 0.6 is 27.5 Å². The van der Waals surface area contributed by atoms with E-state index in [2.05, 4.69) is 21.2 Å². The van der Waals surface area contributed by atoms with Gasteiger partial charge in [0.15, 0.2) is 11.6 Å². The molecule has 0 aromatic heterocycles. The van der Waals surface area contributed by atoms with E-state index in [-0.39, 0.29) is 11.1 Å². The quantitative estimate of drug-likeness (QED) is 0.708. The van der Waals surface area contributed by atoms with E-state index in [1.54, 1.807) is 0 Å². The van der Waals surface area contributed by atoms with Crippen LogP contribution in [0.2, 0.25) is 5.02 Å². The number of rotatable bonds is 4. The minimum absolute atomic E-state index is 0.202. The number of hydrogen-bond acceptors (Lipinski definition) is 1. The van der Waals surface area contributed by atoms with Crippen LogP contribution in [0.15, 0.2) is 34.8 Å². The molecule has 0 aliphatic rings. The Bertz CT molecular complexity index is 661. The van der Waals surface area contributed by atoms with E-state index in [9.17, 15) is 8.78 Å². The Labute approximate surface area is 136 Å². The van der Waals surface area contributed by atoms with Crippen molar-refractivity contribution in [3.8, 4) is 0 Å². The van der Waals surface area contributed by atoms with Gasteiger partial charge in [-0.3, -0.25) is 0 Å². The minimum atomic E-state index is -0.942. The monoisotopic (exact) mass is 373 g/mol. The van der Waals surface area contributed by atoms with Crippen molar-refractivity contribution < 1.29 is 8.78 Å². The maximum absolute atomic E-state index is 13.6. The van der Waals surface area contributed by atoms with Crippen LogP contribution in [0.25, 0.3) is 0 Å². The van der Waals surface area contributed by atoms with Crippen LogP contribution in [0, 0.1) is 18.6 Å². The van der Waals surface area contributed by atoms with Gasteiger partial charge in [-0.25, -0.2) is 8.78 Å². The fraction of sp³-hybridized carbons (Fsp3) is 0.250. The molecule has 1 atom stereocenters. The summed E-state index contributed by atoms with van der Waals surface area (Å²) in [5.74, 6) is -1.84. The Morgan fingerprint density at radius 3 is 2.48 bits per heavy atom. The summed E-state index contributed by atoms with van der Waals surface area (Å²) in [6.07, 6.45) is 0. The van der Waals surface area contributed by atoms with E-state index in [0.29, 0.717) is 12.1 Å². The number of hydrogen-bond donors (Lipinski definition) is 1. The average molecular weight is 375 g/mol. The maximum Gasteiger partial charge on any atom is 0.160 e. The molecule has 0 saturated carbocycles. The van der Waals surface area contributed by atoms with Crippen molar-refractivity contribution in [2.45, 2.75) is 19.9 Å². The highest BCUT2D eigenvalue weighted by atomic mass is 79.9. The molecule has 5 heteroatoms. The van der Waals surface area contributed by atoms with Crippen molar-refractivity contribution >= 4 is 27.5 Å². The van der Waals surface area contributed by atoms with Crippen LogP contribution in [0.4, 0.5) is 8.78 Å². The highest BCUT2D eigenvalue weighted by Gasteiger charge is 2.21. The van der Waals surface area contributed by atoms with Crippen molar-refractivity contribution in [1.82, 2.24) is 5.32 Å². The Kier molecular flexibility index (Phi) is 5.36. The third kappa shape index (κ3) is 3.62. The van der Waals surface area contributed by atoms with Crippen LogP contribution < -0.4 is 5.32 Å². The van der Waals surface area contributed by atoms with E-state index in [4.69, 9.17) is 11.6 Å². The molecule has 0 bridgehead atoms. The fourth-order valence-electron chi connectivity index (χ4n) is 2.24. The smallest absolute Gasteiger partial charge is 0.160 e. The number of aryl methyl sites for hydroxylation is 1. The fourth-order valence-corrected chi connectivity index (χ4v) is 2.97. The molecule has 21 heavy (non-hydrogen) atoms. The zero-order chi connectivity index (χ0) is 15.6. The van der Waals surface area contributed by atoms with E-state index in [1.807, 2.05) is 32.0 Å². The average Bonchev–Trinajstić information content (AvgIpc) is 2.43. The largest absolute Gasteiger partial charge is 0.306 e. The van der Waals surface area contributed by atoms with E-state index >= 15 is 0 Å². The predicted molar refractivity (Wildman–Crippen MR) is 85.8 cm³/mol.